The molecule has 126 valence electrons. The molecule has 0 spiro atoms. The number of fused-ring (bicyclic) bond motifs is 2. The molecular formula is C20H19N3OS. The van der Waals surface area contributed by atoms with Crippen LogP contribution in [0.3, 0.4) is 0 Å². The van der Waals surface area contributed by atoms with Crippen LogP contribution in [0, 0.1) is 0 Å². The third kappa shape index (κ3) is 2.30. The summed E-state index contributed by atoms with van der Waals surface area (Å²) < 4.78 is 14.6. The molecule has 0 radical (unpaired) electrons. The van der Waals surface area contributed by atoms with Crippen LogP contribution >= 0.6 is 0 Å². The molecule has 3 aromatic rings. The number of nitrogens with zero attached hydrogens (tertiary/aromatic N) is 2. The minimum Gasteiger partial charge on any atom is -0.353 e. The number of anilines is 1. The van der Waals surface area contributed by atoms with E-state index in [0.717, 1.165) is 41.1 Å². The van der Waals surface area contributed by atoms with E-state index in [9.17, 15) is 4.21 Å². The molecule has 0 aliphatic carbocycles. The average Bonchev–Trinajstić information content (AvgIpc) is 3.29. The van der Waals surface area contributed by atoms with E-state index < -0.39 is 9.71 Å². The molecule has 1 unspecified atom stereocenters. The summed E-state index contributed by atoms with van der Waals surface area (Å²) in [5.41, 5.74) is 6.47. The van der Waals surface area contributed by atoms with Gasteiger partial charge < -0.3 is 4.98 Å². The Kier molecular flexibility index (Phi) is 3.09. The van der Waals surface area contributed by atoms with E-state index in [1.165, 1.54) is 10.9 Å². The number of hydrogen-bond donors (Lipinski definition) is 1. The Labute approximate surface area is 147 Å². The normalized spacial score (nSPS) is 22.4. The van der Waals surface area contributed by atoms with Gasteiger partial charge in [0.1, 0.15) is 0 Å². The number of hydrogen-bond acceptors (Lipinski definition) is 2. The standard InChI is InChI=1S/C20H19N3OS/c1-25(24)10-4-9-23(25)16-8-7-15-13-21-20(17(15)12-16)19-11-14-5-2-3-6-18(14)22-19/h2-3,5-8,11-12,22H,1,4,9-10,13H2. The fourth-order valence-corrected chi connectivity index (χ4v) is 5.55. The van der Waals surface area contributed by atoms with E-state index in [-0.39, 0.29) is 0 Å². The first kappa shape index (κ1) is 14.8. The van der Waals surface area contributed by atoms with Crippen molar-refractivity contribution in [1.29, 1.82) is 0 Å². The Hall–Kier alpha value is -2.53. The van der Waals surface area contributed by atoms with Crippen molar-refractivity contribution < 1.29 is 4.21 Å². The zero-order chi connectivity index (χ0) is 17.0. The van der Waals surface area contributed by atoms with E-state index in [4.69, 9.17) is 4.99 Å². The second kappa shape index (κ2) is 5.23. The zero-order valence-electron chi connectivity index (χ0n) is 13.9. The van der Waals surface area contributed by atoms with Gasteiger partial charge in [-0.25, -0.2) is 4.21 Å². The number of aliphatic imine (C=N–C) groups is 1. The molecule has 5 heteroatoms. The largest absolute Gasteiger partial charge is 0.353 e. The molecule has 2 aromatic carbocycles. The Bertz CT molecular complexity index is 1090. The van der Waals surface area contributed by atoms with Crippen molar-refractivity contribution in [2.24, 2.45) is 4.99 Å². The number of aromatic nitrogens is 1. The summed E-state index contributed by atoms with van der Waals surface area (Å²) in [6.45, 7) is 1.50. The van der Waals surface area contributed by atoms with Gasteiger partial charge in [-0.3, -0.25) is 9.30 Å². The van der Waals surface area contributed by atoms with Crippen LogP contribution in [0.5, 0.6) is 0 Å². The summed E-state index contributed by atoms with van der Waals surface area (Å²) >= 11 is 0. The SMILES string of the molecule is C=S1(=O)CCCN1c1ccc2c(c1)C(c1cc3ccccc3[nH]1)=NC2. The highest BCUT2D eigenvalue weighted by molar-refractivity contribution is 8.01. The van der Waals surface area contributed by atoms with Crippen LogP contribution in [0.2, 0.25) is 0 Å². The third-order valence-electron chi connectivity index (χ3n) is 5.06. The highest BCUT2D eigenvalue weighted by atomic mass is 32.2. The molecule has 1 saturated heterocycles. The summed E-state index contributed by atoms with van der Waals surface area (Å²) in [5, 5.41) is 1.19. The molecule has 0 bridgehead atoms. The van der Waals surface area contributed by atoms with E-state index >= 15 is 0 Å². The molecular weight excluding hydrogens is 330 g/mol. The predicted octanol–water partition coefficient (Wildman–Crippen LogP) is 3.36. The van der Waals surface area contributed by atoms with Crippen LogP contribution in [0.15, 0.2) is 53.5 Å². The molecule has 4 nitrogen and oxygen atoms in total. The highest BCUT2D eigenvalue weighted by Crippen LogP contribution is 2.31. The molecule has 5 rings (SSSR count). The molecule has 2 aliphatic heterocycles. The number of rotatable bonds is 2. The Morgan fingerprint density at radius 1 is 1.16 bits per heavy atom. The molecule has 1 fully saturated rings. The van der Waals surface area contributed by atoms with Gasteiger partial charge in [0.15, 0.2) is 0 Å². The highest BCUT2D eigenvalue weighted by Gasteiger charge is 2.26. The number of nitrogens with one attached hydrogen (secondary N) is 1. The number of aromatic amines is 1. The molecule has 2 aliphatic rings. The van der Waals surface area contributed by atoms with Crippen LogP contribution < -0.4 is 4.31 Å². The molecule has 0 saturated carbocycles. The summed E-state index contributed by atoms with van der Waals surface area (Å²) in [6, 6.07) is 16.7. The topological polar surface area (TPSA) is 48.5 Å². The lowest BCUT2D eigenvalue weighted by Gasteiger charge is -2.21. The molecule has 25 heavy (non-hydrogen) atoms. The van der Waals surface area contributed by atoms with Crippen LogP contribution in [-0.2, 0) is 16.3 Å². The zero-order valence-corrected chi connectivity index (χ0v) is 14.7. The fourth-order valence-electron chi connectivity index (χ4n) is 3.79. The van der Waals surface area contributed by atoms with Crippen LogP contribution in [0.25, 0.3) is 10.9 Å². The van der Waals surface area contributed by atoms with Crippen molar-refractivity contribution in [3.8, 4) is 0 Å². The average molecular weight is 349 g/mol. The van der Waals surface area contributed by atoms with Gasteiger partial charge in [-0.15, -0.1) is 0 Å². The molecule has 1 N–H and O–H groups in total. The monoisotopic (exact) mass is 349 g/mol. The van der Waals surface area contributed by atoms with Crippen molar-refractivity contribution in [3.05, 3.63) is 65.4 Å². The van der Waals surface area contributed by atoms with Gasteiger partial charge in [0, 0.05) is 44.2 Å². The molecule has 3 heterocycles. The van der Waals surface area contributed by atoms with Crippen LogP contribution in [0.4, 0.5) is 5.69 Å². The summed E-state index contributed by atoms with van der Waals surface area (Å²) in [7, 11) is -2.17. The summed E-state index contributed by atoms with van der Waals surface area (Å²) in [6.07, 6.45) is 0.933. The first-order chi connectivity index (χ1) is 12.1. The van der Waals surface area contributed by atoms with Gasteiger partial charge in [-0.05, 0) is 42.1 Å². The van der Waals surface area contributed by atoms with Crippen molar-refractivity contribution in [2.75, 3.05) is 16.6 Å². The summed E-state index contributed by atoms with van der Waals surface area (Å²) in [5.74, 6) is 4.62. The van der Waals surface area contributed by atoms with Crippen molar-refractivity contribution in [3.63, 3.8) is 0 Å². The molecule has 0 amide bonds. The van der Waals surface area contributed by atoms with Crippen LogP contribution in [0.1, 0.15) is 23.2 Å². The maximum Gasteiger partial charge on any atom is 0.0889 e. The van der Waals surface area contributed by atoms with E-state index in [1.54, 1.807) is 0 Å². The Morgan fingerprint density at radius 2 is 2.04 bits per heavy atom. The first-order valence-corrected chi connectivity index (χ1v) is 10.4. The van der Waals surface area contributed by atoms with E-state index in [2.05, 4.69) is 47.3 Å². The predicted molar refractivity (Wildman–Crippen MR) is 106 cm³/mol. The number of para-hydroxylation sites is 1. The molecule has 1 aromatic heterocycles. The number of H-pyrrole nitrogens is 1. The van der Waals surface area contributed by atoms with Gasteiger partial charge in [0.05, 0.1) is 18.0 Å². The number of benzene rings is 2. The lowest BCUT2D eigenvalue weighted by Crippen LogP contribution is -2.25. The van der Waals surface area contributed by atoms with E-state index in [1.807, 2.05) is 16.4 Å². The van der Waals surface area contributed by atoms with Crippen molar-refractivity contribution in [2.45, 2.75) is 13.0 Å². The minimum atomic E-state index is -2.17. The van der Waals surface area contributed by atoms with Crippen molar-refractivity contribution in [1.82, 2.24) is 4.98 Å². The smallest absolute Gasteiger partial charge is 0.0889 e. The fraction of sp³-hybridized carbons (Fsp3) is 0.200. The second-order valence-corrected chi connectivity index (χ2v) is 9.10. The summed E-state index contributed by atoms with van der Waals surface area (Å²) in [4.78, 5) is 8.22. The second-order valence-electron chi connectivity index (χ2n) is 6.71. The maximum atomic E-state index is 12.7. The third-order valence-corrected chi connectivity index (χ3v) is 7.18. The van der Waals surface area contributed by atoms with Gasteiger partial charge in [0.2, 0.25) is 0 Å². The minimum absolute atomic E-state index is 0.674. The lowest BCUT2D eigenvalue weighted by molar-refractivity contribution is 0.683. The Balaban J connectivity index is 1.59. The van der Waals surface area contributed by atoms with Gasteiger partial charge in [0.25, 0.3) is 0 Å². The Morgan fingerprint density at radius 3 is 2.84 bits per heavy atom. The van der Waals surface area contributed by atoms with E-state index in [0.29, 0.717) is 12.3 Å². The van der Waals surface area contributed by atoms with Crippen molar-refractivity contribution >= 4 is 37.9 Å². The molecule has 1 atom stereocenters. The van der Waals surface area contributed by atoms with Gasteiger partial charge in [-0.1, -0.05) is 24.3 Å². The van der Waals surface area contributed by atoms with Gasteiger partial charge >= 0.3 is 0 Å². The first-order valence-electron chi connectivity index (χ1n) is 8.50. The van der Waals surface area contributed by atoms with Crippen LogP contribution in [-0.4, -0.2) is 33.1 Å². The lowest BCUT2D eigenvalue weighted by atomic mass is 10.0. The maximum absolute atomic E-state index is 12.7. The van der Waals surface area contributed by atoms with Gasteiger partial charge in [-0.2, -0.15) is 0 Å². The quantitative estimate of drug-likeness (QED) is 0.709.